The molecule has 1 saturated heterocycles. The van der Waals surface area contributed by atoms with Gasteiger partial charge >= 0.3 is 6.18 Å². The third kappa shape index (κ3) is 2.92. The lowest BCUT2D eigenvalue weighted by Crippen LogP contribution is -2.60. The smallest absolute Gasteiger partial charge is 0.393 e. The van der Waals surface area contributed by atoms with Gasteiger partial charge in [-0.15, -0.1) is 0 Å². The van der Waals surface area contributed by atoms with Gasteiger partial charge < -0.3 is 10.0 Å². The number of alkyl halides is 3. The van der Waals surface area contributed by atoms with Crippen molar-refractivity contribution in [1.29, 1.82) is 0 Å². The van der Waals surface area contributed by atoms with E-state index in [1.807, 2.05) is 11.0 Å². The van der Waals surface area contributed by atoms with Crippen LogP contribution in [0.5, 0.6) is 0 Å². The van der Waals surface area contributed by atoms with Gasteiger partial charge in [-0.25, -0.2) is 0 Å². The van der Waals surface area contributed by atoms with Crippen molar-refractivity contribution in [2.24, 2.45) is 11.3 Å². The summed E-state index contributed by atoms with van der Waals surface area (Å²) in [6.45, 7) is 3.00. The lowest BCUT2D eigenvalue weighted by atomic mass is 9.74. The molecule has 1 aromatic carbocycles. The molecule has 142 valence electrons. The zero-order valence-electron chi connectivity index (χ0n) is 14.9. The summed E-state index contributed by atoms with van der Waals surface area (Å²) in [5.41, 5.74) is 0.690. The van der Waals surface area contributed by atoms with Crippen LogP contribution in [0, 0.1) is 18.3 Å². The zero-order chi connectivity index (χ0) is 18.7. The normalized spacial score (nSPS) is 30.2. The van der Waals surface area contributed by atoms with Crippen LogP contribution >= 0.6 is 0 Å². The third-order valence-electron chi connectivity index (χ3n) is 6.65. The van der Waals surface area contributed by atoms with Crippen molar-refractivity contribution in [3.8, 4) is 0 Å². The molecule has 0 bridgehead atoms. The number of aliphatic hydroxyl groups excluding tert-OH is 1. The van der Waals surface area contributed by atoms with Crippen LogP contribution in [-0.2, 0) is 11.0 Å². The molecular weight excluding hydrogens is 343 g/mol. The molecular formula is C20H24F3NO2. The minimum absolute atomic E-state index is 0.0368. The number of hydrogen-bond acceptors (Lipinski definition) is 2. The summed E-state index contributed by atoms with van der Waals surface area (Å²) in [5.74, 6) is 0.241. The predicted molar refractivity (Wildman–Crippen MR) is 90.5 cm³/mol. The largest absolute Gasteiger partial charge is 0.416 e. The molecule has 4 rings (SSSR count). The number of amides is 1. The second-order valence-corrected chi connectivity index (χ2v) is 8.47. The van der Waals surface area contributed by atoms with Crippen LogP contribution in [-0.4, -0.2) is 35.1 Å². The van der Waals surface area contributed by atoms with Crippen molar-refractivity contribution in [1.82, 2.24) is 4.90 Å². The highest BCUT2D eigenvalue weighted by atomic mass is 19.4. The molecule has 3 nitrogen and oxygen atoms in total. The summed E-state index contributed by atoms with van der Waals surface area (Å²) in [6, 6.07) is 4.49. The molecule has 3 fully saturated rings. The number of benzene rings is 1. The van der Waals surface area contributed by atoms with Crippen molar-refractivity contribution in [3.05, 3.63) is 34.9 Å². The first kappa shape index (κ1) is 17.8. The van der Waals surface area contributed by atoms with Gasteiger partial charge in [-0.2, -0.15) is 13.2 Å². The molecule has 2 saturated carbocycles. The molecule has 0 radical (unpaired) electrons. The topological polar surface area (TPSA) is 40.5 Å². The van der Waals surface area contributed by atoms with E-state index in [1.54, 1.807) is 6.92 Å². The number of nitrogens with zero attached hydrogens (tertiary/aromatic N) is 1. The first-order valence-corrected chi connectivity index (χ1v) is 9.32. The van der Waals surface area contributed by atoms with E-state index in [2.05, 4.69) is 0 Å². The van der Waals surface area contributed by atoms with Crippen molar-refractivity contribution in [2.45, 2.75) is 57.2 Å². The Balaban J connectivity index is 1.42. The lowest BCUT2D eigenvalue weighted by Gasteiger charge is -2.50. The first-order valence-electron chi connectivity index (χ1n) is 9.32. The van der Waals surface area contributed by atoms with E-state index in [0.29, 0.717) is 31.5 Å². The standard InChI is InChI=1S/C20H24F3NO2/c1-12-16(3-2-4-17(12)20(21,22)23)13-5-6-19(9-13)10-24(11-19)18(26)14-7-15(25)8-14/h2-4,13-15,25H,5-11H2,1H3/t13?,14-,15+. The van der Waals surface area contributed by atoms with E-state index < -0.39 is 11.7 Å². The van der Waals surface area contributed by atoms with E-state index in [-0.39, 0.29) is 29.3 Å². The molecule has 1 atom stereocenters. The fourth-order valence-electron chi connectivity index (χ4n) is 5.13. The molecule has 2 aliphatic carbocycles. The highest BCUT2D eigenvalue weighted by molar-refractivity contribution is 5.80. The Labute approximate surface area is 151 Å². The van der Waals surface area contributed by atoms with Gasteiger partial charge in [0.05, 0.1) is 11.7 Å². The Morgan fingerprint density at radius 3 is 2.58 bits per heavy atom. The lowest BCUT2D eigenvalue weighted by molar-refractivity contribution is -0.154. The minimum atomic E-state index is -4.32. The van der Waals surface area contributed by atoms with Crippen LogP contribution in [0.2, 0.25) is 0 Å². The van der Waals surface area contributed by atoms with Gasteiger partial charge in [0.25, 0.3) is 0 Å². The second-order valence-electron chi connectivity index (χ2n) is 8.47. The number of aliphatic hydroxyl groups is 1. The Kier molecular flexibility index (Phi) is 4.10. The van der Waals surface area contributed by atoms with E-state index in [9.17, 15) is 23.1 Å². The molecule has 26 heavy (non-hydrogen) atoms. The SMILES string of the molecule is Cc1c(C2CCC3(C2)CN(C(=O)[C@H]2C[C@@H](O)C2)C3)cccc1C(F)(F)F. The van der Waals surface area contributed by atoms with Crippen molar-refractivity contribution in [2.75, 3.05) is 13.1 Å². The third-order valence-corrected chi connectivity index (χ3v) is 6.65. The highest BCUT2D eigenvalue weighted by Gasteiger charge is 2.51. The Hall–Kier alpha value is -1.56. The molecule has 1 heterocycles. The molecule has 1 N–H and O–H groups in total. The molecule has 0 aromatic heterocycles. The van der Waals surface area contributed by atoms with Crippen molar-refractivity contribution < 1.29 is 23.1 Å². The van der Waals surface area contributed by atoms with E-state index in [0.717, 1.165) is 30.9 Å². The number of hydrogen-bond donors (Lipinski definition) is 1. The first-order chi connectivity index (χ1) is 12.2. The molecule has 1 aromatic rings. The van der Waals surface area contributed by atoms with Gasteiger partial charge in [0, 0.05) is 24.4 Å². The summed E-state index contributed by atoms with van der Waals surface area (Å²) in [7, 11) is 0. The average molecular weight is 367 g/mol. The zero-order valence-corrected chi connectivity index (χ0v) is 14.9. The summed E-state index contributed by atoms with van der Waals surface area (Å²) >= 11 is 0. The van der Waals surface area contributed by atoms with Gasteiger partial charge in [0.2, 0.25) is 5.91 Å². The summed E-state index contributed by atoms with van der Waals surface area (Å²) in [4.78, 5) is 14.2. The quantitative estimate of drug-likeness (QED) is 0.862. The van der Waals surface area contributed by atoms with Gasteiger partial charge in [-0.05, 0) is 62.1 Å². The number of carbonyl (C=O) groups excluding carboxylic acids is 1. The van der Waals surface area contributed by atoms with Crippen LogP contribution < -0.4 is 0 Å². The van der Waals surface area contributed by atoms with E-state index in [4.69, 9.17) is 0 Å². The van der Waals surface area contributed by atoms with Crippen LogP contribution in [0.1, 0.15) is 54.7 Å². The van der Waals surface area contributed by atoms with Crippen LogP contribution in [0.3, 0.4) is 0 Å². The van der Waals surface area contributed by atoms with Crippen molar-refractivity contribution in [3.63, 3.8) is 0 Å². The van der Waals surface area contributed by atoms with Crippen LogP contribution in [0.4, 0.5) is 13.2 Å². The van der Waals surface area contributed by atoms with Gasteiger partial charge in [-0.1, -0.05) is 12.1 Å². The fourth-order valence-corrected chi connectivity index (χ4v) is 5.13. The van der Waals surface area contributed by atoms with Gasteiger partial charge in [0.1, 0.15) is 0 Å². The molecule has 3 aliphatic rings. The number of rotatable bonds is 2. The summed E-state index contributed by atoms with van der Waals surface area (Å²) < 4.78 is 39.5. The second kappa shape index (κ2) is 5.98. The predicted octanol–water partition coefficient (Wildman–Crippen LogP) is 3.88. The summed E-state index contributed by atoms with van der Waals surface area (Å²) in [5, 5.41) is 9.36. The number of halogens is 3. The Morgan fingerprint density at radius 1 is 1.27 bits per heavy atom. The highest BCUT2D eigenvalue weighted by Crippen LogP contribution is 2.53. The molecule has 1 unspecified atom stereocenters. The maximum Gasteiger partial charge on any atom is 0.416 e. The fraction of sp³-hybridized carbons (Fsp3) is 0.650. The average Bonchev–Trinajstić information content (AvgIpc) is 2.94. The minimum Gasteiger partial charge on any atom is -0.393 e. The number of likely N-dealkylation sites (tertiary alicyclic amines) is 1. The van der Waals surface area contributed by atoms with Crippen LogP contribution in [0.15, 0.2) is 18.2 Å². The van der Waals surface area contributed by atoms with Gasteiger partial charge in [-0.3, -0.25) is 4.79 Å². The molecule has 6 heteroatoms. The molecule has 1 spiro atoms. The van der Waals surface area contributed by atoms with Crippen molar-refractivity contribution >= 4 is 5.91 Å². The maximum absolute atomic E-state index is 13.2. The summed E-state index contributed by atoms with van der Waals surface area (Å²) in [6.07, 6.45) is -0.825. The Morgan fingerprint density at radius 2 is 1.96 bits per heavy atom. The number of carbonyl (C=O) groups is 1. The Bertz CT molecular complexity index is 718. The van der Waals surface area contributed by atoms with E-state index in [1.165, 1.54) is 6.07 Å². The molecule has 1 amide bonds. The van der Waals surface area contributed by atoms with Gasteiger partial charge in [0.15, 0.2) is 0 Å². The molecule has 1 aliphatic heterocycles. The van der Waals surface area contributed by atoms with E-state index >= 15 is 0 Å². The maximum atomic E-state index is 13.2. The monoisotopic (exact) mass is 367 g/mol. The van der Waals surface area contributed by atoms with Crippen LogP contribution in [0.25, 0.3) is 0 Å².